The lowest BCUT2D eigenvalue weighted by atomic mass is 9.82. The summed E-state index contributed by atoms with van der Waals surface area (Å²) in [5, 5.41) is 0.710. The van der Waals surface area contributed by atoms with Crippen molar-refractivity contribution in [2.75, 3.05) is 44.2 Å². The highest BCUT2D eigenvalue weighted by atomic mass is 35.5. The van der Waals surface area contributed by atoms with Crippen LogP contribution < -0.4 is 4.90 Å². The van der Waals surface area contributed by atoms with Gasteiger partial charge in [0.15, 0.2) is 0 Å². The van der Waals surface area contributed by atoms with Crippen molar-refractivity contribution in [1.29, 1.82) is 0 Å². The van der Waals surface area contributed by atoms with Gasteiger partial charge in [0.2, 0.25) is 5.91 Å². The molecule has 210 valence electrons. The van der Waals surface area contributed by atoms with Crippen molar-refractivity contribution >= 4 is 29.1 Å². The Kier molecular flexibility index (Phi) is 8.57. The molecule has 8 heteroatoms. The van der Waals surface area contributed by atoms with Crippen LogP contribution in [0.1, 0.15) is 66.3 Å². The molecule has 2 unspecified atom stereocenters. The highest BCUT2D eigenvalue weighted by molar-refractivity contribution is 6.31. The quantitative estimate of drug-likeness (QED) is 0.466. The Morgan fingerprint density at radius 2 is 1.62 bits per heavy atom. The molecule has 0 N–H and O–H groups in total. The molecule has 7 nitrogen and oxygen atoms in total. The maximum Gasteiger partial charge on any atom is 0.257 e. The molecule has 1 aliphatic carbocycles. The Morgan fingerprint density at radius 1 is 0.974 bits per heavy atom. The molecule has 1 saturated carbocycles. The normalized spacial score (nSPS) is 25.1. The zero-order valence-corrected chi connectivity index (χ0v) is 24.6. The van der Waals surface area contributed by atoms with Crippen molar-refractivity contribution in [2.24, 2.45) is 23.7 Å². The molecule has 1 aromatic carbocycles. The largest absolute Gasteiger partial charge is 0.338 e. The van der Waals surface area contributed by atoms with E-state index in [4.69, 9.17) is 11.6 Å². The van der Waals surface area contributed by atoms with Crippen LogP contribution in [0, 0.1) is 44.4 Å². The van der Waals surface area contributed by atoms with Crippen molar-refractivity contribution in [2.45, 2.75) is 59.8 Å². The number of likely N-dealkylation sites (tertiary alicyclic amines) is 2. The Bertz CT molecular complexity index is 1180. The number of benzene rings is 1. The minimum atomic E-state index is 0.0644. The molecule has 2 atom stereocenters. The number of hydrogen-bond donors (Lipinski definition) is 0. The van der Waals surface area contributed by atoms with E-state index in [9.17, 15) is 9.59 Å². The van der Waals surface area contributed by atoms with Gasteiger partial charge in [-0.1, -0.05) is 24.6 Å². The molecular formula is C31H42ClN5O2. The van der Waals surface area contributed by atoms with Crippen LogP contribution in [-0.4, -0.2) is 70.9 Å². The summed E-state index contributed by atoms with van der Waals surface area (Å²) in [7, 11) is 0. The number of hydrogen-bond acceptors (Lipinski definition) is 5. The zero-order chi connectivity index (χ0) is 27.7. The Labute approximate surface area is 237 Å². The first-order valence-corrected chi connectivity index (χ1v) is 15.0. The summed E-state index contributed by atoms with van der Waals surface area (Å²) in [6.07, 6.45) is 6.67. The average molecular weight is 552 g/mol. The van der Waals surface area contributed by atoms with Crippen molar-refractivity contribution in [3.05, 3.63) is 52.1 Å². The molecule has 3 heterocycles. The maximum absolute atomic E-state index is 13.7. The van der Waals surface area contributed by atoms with Gasteiger partial charge < -0.3 is 14.7 Å². The van der Waals surface area contributed by atoms with Gasteiger partial charge in [0.1, 0.15) is 6.33 Å². The summed E-state index contributed by atoms with van der Waals surface area (Å²) >= 11 is 6.47. The molecule has 2 aromatic rings. The van der Waals surface area contributed by atoms with Gasteiger partial charge in [0.25, 0.3) is 5.91 Å². The number of anilines is 1. The zero-order valence-electron chi connectivity index (χ0n) is 23.8. The number of fused-ring (bicyclic) bond motifs is 1. The summed E-state index contributed by atoms with van der Waals surface area (Å²) in [5.74, 6) is 2.14. The van der Waals surface area contributed by atoms with Crippen LogP contribution >= 0.6 is 11.6 Å². The molecule has 2 aliphatic heterocycles. The molecule has 0 spiro atoms. The number of aryl methyl sites for hydroxylation is 3. The minimum Gasteiger partial charge on any atom is -0.338 e. The van der Waals surface area contributed by atoms with E-state index in [-0.39, 0.29) is 17.7 Å². The van der Waals surface area contributed by atoms with Gasteiger partial charge in [0.05, 0.1) is 17.0 Å². The smallest absolute Gasteiger partial charge is 0.257 e. The first-order valence-electron chi connectivity index (χ1n) is 14.6. The molecule has 0 radical (unpaired) electrons. The number of amides is 2. The number of nitrogens with zero attached hydrogens (tertiary/aromatic N) is 5. The van der Waals surface area contributed by atoms with E-state index in [1.165, 1.54) is 6.33 Å². The Morgan fingerprint density at radius 3 is 2.23 bits per heavy atom. The number of halogens is 1. The molecule has 3 fully saturated rings. The van der Waals surface area contributed by atoms with E-state index in [1.807, 2.05) is 48.8 Å². The molecule has 2 amide bonds. The van der Waals surface area contributed by atoms with Crippen LogP contribution in [0.25, 0.3) is 0 Å². The summed E-state index contributed by atoms with van der Waals surface area (Å²) in [6, 6.07) is 6.01. The second-order valence-corrected chi connectivity index (χ2v) is 12.6. The second-order valence-electron chi connectivity index (χ2n) is 12.1. The first-order chi connectivity index (χ1) is 18.7. The summed E-state index contributed by atoms with van der Waals surface area (Å²) in [6.45, 7) is 13.3. The van der Waals surface area contributed by atoms with Crippen LogP contribution in [0.15, 0.2) is 24.5 Å². The van der Waals surface area contributed by atoms with Crippen molar-refractivity contribution < 1.29 is 9.59 Å². The van der Waals surface area contributed by atoms with Crippen LogP contribution in [0.5, 0.6) is 0 Å². The maximum atomic E-state index is 13.7. The topological polar surface area (TPSA) is 69.6 Å². The molecule has 5 rings (SSSR count). The van der Waals surface area contributed by atoms with Crippen LogP contribution in [0.4, 0.5) is 5.69 Å². The van der Waals surface area contributed by atoms with Gasteiger partial charge in [-0.15, -0.1) is 0 Å². The Balaban J connectivity index is 1.17. The predicted octanol–water partition coefficient (Wildman–Crippen LogP) is 5.31. The van der Waals surface area contributed by atoms with Crippen molar-refractivity contribution in [1.82, 2.24) is 19.8 Å². The number of carbonyl (C=O) groups is 2. The fraction of sp³-hybridized carbons (Fsp3) is 0.613. The highest BCUT2D eigenvalue weighted by Crippen LogP contribution is 2.34. The van der Waals surface area contributed by atoms with E-state index in [0.29, 0.717) is 34.9 Å². The van der Waals surface area contributed by atoms with E-state index < -0.39 is 0 Å². The third-order valence-electron chi connectivity index (χ3n) is 9.24. The van der Waals surface area contributed by atoms with E-state index in [0.717, 1.165) is 87.5 Å². The third kappa shape index (κ3) is 6.14. The fourth-order valence-electron chi connectivity index (χ4n) is 6.80. The lowest BCUT2D eigenvalue weighted by Gasteiger charge is -2.32. The minimum absolute atomic E-state index is 0.0644. The summed E-state index contributed by atoms with van der Waals surface area (Å²) in [4.78, 5) is 41.9. The molecule has 0 bridgehead atoms. The van der Waals surface area contributed by atoms with Crippen molar-refractivity contribution in [3.8, 4) is 0 Å². The number of carbonyl (C=O) groups excluding carboxylic acids is 2. The Hall–Kier alpha value is -2.51. The summed E-state index contributed by atoms with van der Waals surface area (Å²) < 4.78 is 0. The summed E-state index contributed by atoms with van der Waals surface area (Å²) in [5.41, 5.74) is 4.10. The van der Waals surface area contributed by atoms with E-state index in [1.54, 1.807) is 0 Å². The van der Waals surface area contributed by atoms with E-state index in [2.05, 4.69) is 21.8 Å². The monoisotopic (exact) mass is 551 g/mol. The van der Waals surface area contributed by atoms with E-state index >= 15 is 0 Å². The van der Waals surface area contributed by atoms with Crippen LogP contribution in [0.2, 0.25) is 5.02 Å². The van der Waals surface area contributed by atoms with Gasteiger partial charge >= 0.3 is 0 Å². The molecule has 1 aromatic heterocycles. The number of aromatic nitrogens is 2. The van der Waals surface area contributed by atoms with Gasteiger partial charge in [-0.3, -0.25) is 9.59 Å². The average Bonchev–Trinajstić information content (AvgIpc) is 3.47. The van der Waals surface area contributed by atoms with Gasteiger partial charge in [-0.05, 0) is 94.9 Å². The lowest BCUT2D eigenvalue weighted by molar-refractivity contribution is -0.123. The fourth-order valence-corrected chi connectivity index (χ4v) is 6.97. The third-order valence-corrected chi connectivity index (χ3v) is 9.65. The predicted molar refractivity (Wildman–Crippen MR) is 155 cm³/mol. The van der Waals surface area contributed by atoms with Crippen LogP contribution in [0.3, 0.4) is 0 Å². The van der Waals surface area contributed by atoms with Gasteiger partial charge in [-0.2, -0.15) is 0 Å². The molecule has 39 heavy (non-hydrogen) atoms. The SMILES string of the molecule is Cc1ccc(N(CCCN2CC3CN(C(=O)c4c(C)ncnc4C)CC3C2)C(=O)C2CCC(C)CC2)cc1Cl. The highest BCUT2D eigenvalue weighted by Gasteiger charge is 2.42. The standard InChI is InChI=1S/C31H42ClN5O2/c1-20-6-9-24(10-7-20)30(38)37(27-11-8-21(2)28(32)14-27)13-5-12-35-15-25-17-36(18-26(25)16-35)31(39)29-22(3)33-19-34-23(29)4/h8,11,14,19-20,24-26H,5-7,9-10,12-13,15-18H2,1-4H3. The first kappa shape index (κ1) is 28.0. The molecular weight excluding hydrogens is 510 g/mol. The molecule has 3 aliphatic rings. The van der Waals surface area contributed by atoms with Crippen molar-refractivity contribution in [3.63, 3.8) is 0 Å². The number of rotatable bonds is 7. The second kappa shape index (κ2) is 11.9. The van der Waals surface area contributed by atoms with Gasteiger partial charge in [0, 0.05) is 49.4 Å². The molecule has 2 saturated heterocycles. The lowest BCUT2D eigenvalue weighted by Crippen LogP contribution is -2.40. The van der Waals surface area contributed by atoms with Crippen LogP contribution in [-0.2, 0) is 4.79 Å². The van der Waals surface area contributed by atoms with Gasteiger partial charge in [-0.25, -0.2) is 9.97 Å².